The van der Waals surface area contributed by atoms with Gasteiger partial charge in [-0.15, -0.1) is 0 Å². The summed E-state index contributed by atoms with van der Waals surface area (Å²) in [4.78, 5) is 15.6. The fourth-order valence-corrected chi connectivity index (χ4v) is 5.86. The molecule has 2 N–H and O–H groups in total. The van der Waals surface area contributed by atoms with E-state index in [1.807, 2.05) is 41.3 Å². The fourth-order valence-electron chi connectivity index (χ4n) is 5.86. The second-order valence-electron chi connectivity index (χ2n) is 13.8. The smallest absolute Gasteiger partial charge is 0.322 e. The number of para-hydroxylation sites is 1. The van der Waals surface area contributed by atoms with Gasteiger partial charge in [0.15, 0.2) is 0 Å². The third-order valence-corrected chi connectivity index (χ3v) is 8.32. The van der Waals surface area contributed by atoms with Crippen LogP contribution in [0, 0.1) is 0 Å². The zero-order valence-corrected chi connectivity index (χ0v) is 26.5. The van der Waals surface area contributed by atoms with Crippen LogP contribution in [0.15, 0.2) is 66.7 Å². The molecule has 1 aliphatic heterocycles. The summed E-state index contributed by atoms with van der Waals surface area (Å²) in [5, 5.41) is 14.4. The molecule has 226 valence electrons. The summed E-state index contributed by atoms with van der Waals surface area (Å²) >= 11 is 0. The van der Waals surface area contributed by atoms with Gasteiger partial charge in [0.1, 0.15) is 5.75 Å². The van der Waals surface area contributed by atoms with Gasteiger partial charge >= 0.3 is 6.03 Å². The minimum absolute atomic E-state index is 0.0233. The number of benzene rings is 3. The molecule has 1 saturated heterocycles. The minimum atomic E-state index is -0.163. The Balaban J connectivity index is 1.42. The van der Waals surface area contributed by atoms with Gasteiger partial charge in [0, 0.05) is 24.9 Å². The molecular weight excluding hydrogens is 520 g/mol. The molecule has 0 aliphatic carbocycles. The third-order valence-electron chi connectivity index (χ3n) is 8.32. The predicted octanol–water partition coefficient (Wildman–Crippen LogP) is 8.77. The van der Waals surface area contributed by atoms with Crippen LogP contribution in [-0.4, -0.2) is 35.2 Å². The molecule has 0 spiro atoms. The number of piperidine rings is 1. The second kappa shape index (κ2) is 13.8. The summed E-state index contributed by atoms with van der Waals surface area (Å²) in [6.45, 7) is 14.9. The van der Waals surface area contributed by atoms with Crippen molar-refractivity contribution in [2.75, 3.05) is 18.5 Å². The van der Waals surface area contributed by atoms with Gasteiger partial charge in [0.25, 0.3) is 0 Å². The molecule has 1 fully saturated rings. The van der Waals surface area contributed by atoms with Crippen LogP contribution < -0.4 is 5.32 Å². The first-order valence-corrected chi connectivity index (χ1v) is 15.6. The molecule has 0 bridgehead atoms. The largest absolute Gasteiger partial charge is 0.507 e. The number of urea groups is 1. The van der Waals surface area contributed by atoms with E-state index in [0.29, 0.717) is 19.0 Å². The number of carbonyl (C=O) groups is 1. The number of aromatic hydroxyl groups is 1. The third kappa shape index (κ3) is 8.38. The molecule has 1 heterocycles. The van der Waals surface area contributed by atoms with Crippen molar-refractivity contribution in [3.8, 4) is 5.75 Å². The van der Waals surface area contributed by atoms with E-state index in [-0.39, 0.29) is 22.9 Å². The lowest BCUT2D eigenvalue weighted by Crippen LogP contribution is -2.46. The summed E-state index contributed by atoms with van der Waals surface area (Å²) in [7, 11) is 0. The summed E-state index contributed by atoms with van der Waals surface area (Å²) in [6, 6.07) is 22.8. The Hall–Kier alpha value is -3.31. The molecule has 0 radical (unpaired) electrons. The fraction of sp³-hybridized carbons (Fsp3) is 0.486. The molecule has 42 heavy (non-hydrogen) atoms. The average Bonchev–Trinajstić information content (AvgIpc) is 2.95. The van der Waals surface area contributed by atoms with Crippen LogP contribution in [-0.2, 0) is 35.0 Å². The maximum Gasteiger partial charge on any atom is 0.322 e. The lowest BCUT2D eigenvalue weighted by Gasteiger charge is -2.36. The molecule has 5 nitrogen and oxygen atoms in total. The highest BCUT2D eigenvalue weighted by molar-refractivity contribution is 5.90. The van der Waals surface area contributed by atoms with Crippen molar-refractivity contribution < 1.29 is 14.6 Å². The first kappa shape index (κ1) is 31.6. The molecular formula is C37H50N2O3. The number of aryl methyl sites for hydroxylation is 2. The van der Waals surface area contributed by atoms with Gasteiger partial charge in [-0.1, -0.05) is 102 Å². The van der Waals surface area contributed by atoms with Gasteiger partial charge in [0.2, 0.25) is 0 Å². The van der Waals surface area contributed by atoms with Crippen LogP contribution in [0.1, 0.15) is 95.0 Å². The first-order valence-electron chi connectivity index (χ1n) is 15.6. The highest BCUT2D eigenvalue weighted by Crippen LogP contribution is 2.40. The number of phenols is 1. The lowest BCUT2D eigenvalue weighted by molar-refractivity contribution is 0.0859. The zero-order chi connectivity index (χ0) is 30.3. The average molecular weight is 571 g/mol. The summed E-state index contributed by atoms with van der Waals surface area (Å²) in [5.41, 5.74) is 6.00. The van der Waals surface area contributed by atoms with E-state index < -0.39 is 0 Å². The molecule has 2 amide bonds. The van der Waals surface area contributed by atoms with Gasteiger partial charge in [-0.2, -0.15) is 0 Å². The monoisotopic (exact) mass is 570 g/mol. The number of anilines is 1. The number of phenolic OH excluding ortho intramolecular Hbond substituents is 1. The van der Waals surface area contributed by atoms with Gasteiger partial charge in [-0.05, 0) is 83.2 Å². The summed E-state index contributed by atoms with van der Waals surface area (Å²) in [6.07, 6.45) is 5.65. The highest BCUT2D eigenvalue weighted by Gasteiger charge is 2.28. The van der Waals surface area contributed by atoms with Crippen LogP contribution in [0.4, 0.5) is 10.5 Å². The SMILES string of the molecule is CC(C)(C)c1cc(CCc2ccccc2NC(=O)N2CCCCC2CCOCc2ccccc2)cc(C(C)(C)C)c1O. The Morgan fingerprint density at radius 1 is 0.881 bits per heavy atom. The maximum atomic E-state index is 13.6. The molecule has 4 rings (SSSR count). The minimum Gasteiger partial charge on any atom is -0.507 e. The van der Waals surface area contributed by atoms with Crippen molar-refractivity contribution in [2.45, 2.75) is 104 Å². The number of amides is 2. The van der Waals surface area contributed by atoms with E-state index in [1.54, 1.807) is 0 Å². The Morgan fingerprint density at radius 3 is 2.19 bits per heavy atom. The topological polar surface area (TPSA) is 61.8 Å². The number of nitrogens with zero attached hydrogens (tertiary/aromatic N) is 1. The van der Waals surface area contributed by atoms with Crippen LogP contribution in [0.3, 0.4) is 0 Å². The molecule has 3 aromatic carbocycles. The van der Waals surface area contributed by atoms with E-state index in [0.717, 1.165) is 67.4 Å². The number of rotatable bonds is 9. The van der Waals surface area contributed by atoms with Crippen LogP contribution in [0.2, 0.25) is 0 Å². The Bertz CT molecular complexity index is 1290. The summed E-state index contributed by atoms with van der Waals surface area (Å²) in [5.74, 6) is 0.410. The number of ether oxygens (including phenoxy) is 1. The normalized spacial score (nSPS) is 16.0. The quantitative estimate of drug-likeness (QED) is 0.253. The number of nitrogens with one attached hydrogen (secondary N) is 1. The van der Waals surface area contributed by atoms with Crippen molar-refractivity contribution in [3.63, 3.8) is 0 Å². The van der Waals surface area contributed by atoms with Crippen LogP contribution >= 0.6 is 0 Å². The van der Waals surface area contributed by atoms with Gasteiger partial charge in [-0.25, -0.2) is 4.79 Å². The van der Waals surface area contributed by atoms with E-state index in [1.165, 1.54) is 11.1 Å². The highest BCUT2D eigenvalue weighted by atomic mass is 16.5. The van der Waals surface area contributed by atoms with Gasteiger partial charge in [-0.3, -0.25) is 0 Å². The molecule has 0 saturated carbocycles. The van der Waals surface area contributed by atoms with Crippen LogP contribution in [0.5, 0.6) is 5.75 Å². The van der Waals surface area contributed by atoms with Crippen molar-refractivity contribution in [1.82, 2.24) is 4.90 Å². The van der Waals surface area contributed by atoms with Crippen molar-refractivity contribution in [2.24, 2.45) is 0 Å². The van der Waals surface area contributed by atoms with E-state index in [4.69, 9.17) is 4.74 Å². The Morgan fingerprint density at radius 2 is 1.52 bits per heavy atom. The maximum absolute atomic E-state index is 13.6. The van der Waals surface area contributed by atoms with E-state index in [9.17, 15) is 9.90 Å². The van der Waals surface area contributed by atoms with E-state index in [2.05, 4.69) is 77.2 Å². The first-order chi connectivity index (χ1) is 19.9. The number of carbonyl (C=O) groups excluding carboxylic acids is 1. The molecule has 1 aliphatic rings. The predicted molar refractivity (Wildman–Crippen MR) is 173 cm³/mol. The van der Waals surface area contributed by atoms with E-state index >= 15 is 0 Å². The van der Waals surface area contributed by atoms with Gasteiger partial charge in [0.05, 0.1) is 6.61 Å². The lowest BCUT2D eigenvalue weighted by atomic mass is 9.78. The van der Waals surface area contributed by atoms with Crippen LogP contribution in [0.25, 0.3) is 0 Å². The molecule has 3 aromatic rings. The summed E-state index contributed by atoms with van der Waals surface area (Å²) < 4.78 is 5.95. The number of likely N-dealkylation sites (tertiary alicyclic amines) is 1. The number of hydrogen-bond acceptors (Lipinski definition) is 3. The Kier molecular flexibility index (Phi) is 10.4. The zero-order valence-electron chi connectivity index (χ0n) is 26.5. The number of hydrogen-bond donors (Lipinski definition) is 2. The second-order valence-corrected chi connectivity index (χ2v) is 13.8. The van der Waals surface area contributed by atoms with Crippen molar-refractivity contribution >= 4 is 11.7 Å². The molecule has 5 heteroatoms. The van der Waals surface area contributed by atoms with Gasteiger partial charge < -0.3 is 20.1 Å². The molecule has 1 unspecified atom stereocenters. The van der Waals surface area contributed by atoms with Crippen molar-refractivity contribution in [1.29, 1.82) is 0 Å². The molecule has 0 aromatic heterocycles. The molecule has 1 atom stereocenters. The standard InChI is InChI=1S/C37H50N2O3/c1-36(2,3)31-24-28(25-32(34(31)40)37(4,5)6)19-20-29-16-10-11-18-33(29)38-35(41)39-22-13-12-17-30(39)21-23-42-26-27-14-8-7-9-15-27/h7-11,14-16,18,24-25,30,40H,12-13,17,19-23,26H2,1-6H3,(H,38,41). The Labute approximate surface area is 253 Å². The van der Waals surface area contributed by atoms with Crippen molar-refractivity contribution in [3.05, 3.63) is 94.5 Å².